The summed E-state index contributed by atoms with van der Waals surface area (Å²) < 4.78 is 11.4. The predicted molar refractivity (Wildman–Crippen MR) is 145 cm³/mol. The average Bonchev–Trinajstić information content (AvgIpc) is 2.89. The molecule has 1 aliphatic heterocycles. The molecule has 4 rings (SSSR count). The average molecular weight is 520 g/mol. The molecular formula is C29H33N3O6. The molecule has 9 nitrogen and oxygen atoms in total. The van der Waals surface area contributed by atoms with Crippen LogP contribution in [0.4, 0.5) is 5.69 Å². The van der Waals surface area contributed by atoms with Crippen LogP contribution >= 0.6 is 0 Å². The van der Waals surface area contributed by atoms with Crippen LogP contribution in [0.3, 0.4) is 0 Å². The van der Waals surface area contributed by atoms with E-state index >= 15 is 0 Å². The number of primary amides is 1. The first kappa shape index (κ1) is 27.1. The topological polar surface area (TPSA) is 131 Å². The zero-order valence-electron chi connectivity index (χ0n) is 21.9. The Morgan fingerprint density at radius 1 is 1.03 bits per heavy atom. The van der Waals surface area contributed by atoms with E-state index in [9.17, 15) is 19.5 Å². The quantitative estimate of drug-likeness (QED) is 0.236. The molecular weight excluding hydrogens is 486 g/mol. The van der Waals surface area contributed by atoms with E-state index in [2.05, 4.69) is 10.2 Å². The van der Waals surface area contributed by atoms with Gasteiger partial charge < -0.3 is 25.6 Å². The van der Waals surface area contributed by atoms with Gasteiger partial charge in [0.15, 0.2) is 5.75 Å². The second kappa shape index (κ2) is 11.2. The molecule has 0 aliphatic carbocycles. The van der Waals surface area contributed by atoms with Crippen molar-refractivity contribution in [2.45, 2.75) is 26.2 Å². The van der Waals surface area contributed by atoms with Crippen molar-refractivity contribution < 1.29 is 29.0 Å². The van der Waals surface area contributed by atoms with Gasteiger partial charge in [-0.2, -0.15) is 0 Å². The number of amides is 2. The Bertz CT molecular complexity index is 1370. The largest absolute Gasteiger partial charge is 0.505 e. The number of ketones is 1. The van der Waals surface area contributed by atoms with Gasteiger partial charge in [0.25, 0.3) is 17.6 Å². The number of Topliss-reactive ketones (excluding diaryl/α,β-unsaturated/α-hetero) is 1. The number of hydrogen-bond donors (Lipinski definition) is 3. The van der Waals surface area contributed by atoms with Crippen molar-refractivity contribution in [3.63, 3.8) is 0 Å². The number of hydrogen-bond acceptors (Lipinski definition) is 7. The van der Waals surface area contributed by atoms with Gasteiger partial charge in [-0.1, -0.05) is 45.0 Å². The third kappa shape index (κ3) is 5.95. The summed E-state index contributed by atoms with van der Waals surface area (Å²) in [7, 11) is 0. The fraction of sp³-hybridized carbons (Fsp3) is 0.345. The fourth-order valence-electron chi connectivity index (χ4n) is 4.36. The number of morpholine rings is 1. The van der Waals surface area contributed by atoms with E-state index in [1.165, 1.54) is 12.1 Å². The molecule has 0 bridgehead atoms. The van der Waals surface area contributed by atoms with Gasteiger partial charge in [-0.05, 0) is 40.6 Å². The Labute approximate surface area is 221 Å². The van der Waals surface area contributed by atoms with E-state index in [1.807, 2.05) is 32.9 Å². The van der Waals surface area contributed by atoms with Gasteiger partial charge in [-0.15, -0.1) is 0 Å². The van der Waals surface area contributed by atoms with Crippen LogP contribution in [0.5, 0.6) is 11.5 Å². The van der Waals surface area contributed by atoms with Crippen LogP contribution in [0.2, 0.25) is 0 Å². The highest BCUT2D eigenvalue weighted by molar-refractivity contribution is 6.48. The number of aromatic hydroxyl groups is 1. The van der Waals surface area contributed by atoms with E-state index in [0.29, 0.717) is 41.9 Å². The first-order valence-corrected chi connectivity index (χ1v) is 12.5. The van der Waals surface area contributed by atoms with Gasteiger partial charge >= 0.3 is 0 Å². The van der Waals surface area contributed by atoms with Crippen LogP contribution in [0.1, 0.15) is 47.1 Å². The molecule has 1 saturated heterocycles. The molecule has 38 heavy (non-hydrogen) atoms. The van der Waals surface area contributed by atoms with E-state index in [1.54, 1.807) is 24.3 Å². The third-order valence-electron chi connectivity index (χ3n) is 6.59. The van der Waals surface area contributed by atoms with Crippen LogP contribution < -0.4 is 15.8 Å². The number of nitrogens with one attached hydrogen (secondary N) is 1. The SMILES string of the molecule is CC(C)(C)c1cc(NC(=O)C(=O)c2ccc(OCCN3CCOCC3)c3ccccc23)c(O)c(C(N)=O)c1. The number of benzene rings is 3. The lowest BCUT2D eigenvalue weighted by Gasteiger charge is -2.26. The minimum absolute atomic E-state index is 0.0584. The molecule has 0 aromatic heterocycles. The van der Waals surface area contributed by atoms with Crippen molar-refractivity contribution in [1.29, 1.82) is 0 Å². The summed E-state index contributed by atoms with van der Waals surface area (Å²) in [6.07, 6.45) is 0. The predicted octanol–water partition coefficient (Wildman–Crippen LogP) is 3.47. The number of nitrogens with zero attached hydrogens (tertiary/aromatic N) is 1. The molecule has 1 heterocycles. The van der Waals surface area contributed by atoms with Gasteiger partial charge in [-0.25, -0.2) is 0 Å². The molecule has 0 radical (unpaired) electrons. The smallest absolute Gasteiger partial charge is 0.296 e. The van der Waals surface area contributed by atoms with Gasteiger partial charge in [0, 0.05) is 30.6 Å². The molecule has 9 heteroatoms. The fourth-order valence-corrected chi connectivity index (χ4v) is 4.36. The number of carbonyl (C=O) groups excluding carboxylic acids is 3. The van der Waals surface area contributed by atoms with Crippen molar-refractivity contribution in [2.24, 2.45) is 5.73 Å². The number of anilines is 1. The lowest BCUT2D eigenvalue weighted by molar-refractivity contribution is -0.112. The van der Waals surface area contributed by atoms with Crippen molar-refractivity contribution in [3.8, 4) is 11.5 Å². The molecule has 1 fully saturated rings. The lowest BCUT2D eigenvalue weighted by atomic mass is 9.85. The zero-order valence-corrected chi connectivity index (χ0v) is 21.9. The van der Waals surface area contributed by atoms with Crippen LogP contribution in [-0.2, 0) is 14.9 Å². The molecule has 0 atom stereocenters. The standard InChI is InChI=1S/C29H33N3O6/c1-29(2,3)18-16-22(27(30)35)25(33)23(17-18)31-28(36)26(34)21-8-9-24(20-7-5-4-6-19(20)21)38-15-12-32-10-13-37-14-11-32/h4-9,16-17,33H,10-15H2,1-3H3,(H2,30,35)(H,31,36). The maximum absolute atomic E-state index is 13.3. The molecule has 1 aliphatic rings. The van der Waals surface area contributed by atoms with Crippen LogP contribution in [0, 0.1) is 0 Å². The Hall–Kier alpha value is -3.95. The van der Waals surface area contributed by atoms with Gasteiger partial charge in [-0.3, -0.25) is 19.3 Å². The van der Waals surface area contributed by atoms with Crippen LogP contribution in [-0.4, -0.2) is 67.1 Å². The summed E-state index contributed by atoms with van der Waals surface area (Å²) >= 11 is 0. The number of carbonyl (C=O) groups is 3. The summed E-state index contributed by atoms with van der Waals surface area (Å²) in [4.78, 5) is 40.5. The number of rotatable bonds is 8. The Morgan fingerprint density at radius 3 is 2.37 bits per heavy atom. The molecule has 0 spiro atoms. The number of phenols is 1. The highest BCUT2D eigenvalue weighted by Gasteiger charge is 2.25. The molecule has 2 amide bonds. The molecule has 4 N–H and O–H groups in total. The number of fused-ring (bicyclic) bond motifs is 1. The van der Waals surface area contributed by atoms with E-state index in [4.69, 9.17) is 15.2 Å². The minimum atomic E-state index is -0.951. The van der Waals surface area contributed by atoms with Crippen molar-refractivity contribution in [2.75, 3.05) is 44.8 Å². The zero-order chi connectivity index (χ0) is 27.4. The Morgan fingerprint density at radius 2 is 1.71 bits per heavy atom. The number of nitrogens with two attached hydrogens (primary N) is 1. The Kier molecular flexibility index (Phi) is 7.99. The van der Waals surface area contributed by atoms with Gasteiger partial charge in [0.05, 0.1) is 24.5 Å². The van der Waals surface area contributed by atoms with E-state index in [-0.39, 0.29) is 16.8 Å². The normalized spacial score (nSPS) is 14.3. The van der Waals surface area contributed by atoms with Crippen molar-refractivity contribution >= 4 is 34.1 Å². The molecule has 0 unspecified atom stereocenters. The van der Waals surface area contributed by atoms with Gasteiger partial charge in [0.2, 0.25) is 0 Å². The maximum Gasteiger partial charge on any atom is 0.296 e. The second-order valence-electron chi connectivity index (χ2n) is 10.3. The molecule has 3 aromatic carbocycles. The summed E-state index contributed by atoms with van der Waals surface area (Å²) in [6, 6.07) is 13.5. The summed E-state index contributed by atoms with van der Waals surface area (Å²) in [5.41, 5.74) is 5.69. The second-order valence-corrected chi connectivity index (χ2v) is 10.3. The van der Waals surface area contributed by atoms with Crippen LogP contribution in [0.25, 0.3) is 10.8 Å². The van der Waals surface area contributed by atoms with E-state index in [0.717, 1.165) is 19.6 Å². The summed E-state index contributed by atoms with van der Waals surface area (Å²) in [5.74, 6) is -2.45. The monoisotopic (exact) mass is 519 g/mol. The molecule has 200 valence electrons. The first-order valence-electron chi connectivity index (χ1n) is 12.5. The van der Waals surface area contributed by atoms with Crippen molar-refractivity contribution in [3.05, 3.63) is 65.2 Å². The molecule has 3 aromatic rings. The first-order chi connectivity index (χ1) is 18.1. The third-order valence-corrected chi connectivity index (χ3v) is 6.59. The lowest BCUT2D eigenvalue weighted by Crippen LogP contribution is -2.38. The Balaban J connectivity index is 1.57. The van der Waals surface area contributed by atoms with E-state index < -0.39 is 28.8 Å². The molecule has 0 saturated carbocycles. The van der Waals surface area contributed by atoms with Crippen LogP contribution in [0.15, 0.2) is 48.5 Å². The highest BCUT2D eigenvalue weighted by Crippen LogP contribution is 2.35. The summed E-state index contributed by atoms with van der Waals surface area (Å²) in [5, 5.41) is 14.3. The summed E-state index contributed by atoms with van der Waals surface area (Å²) in [6.45, 7) is 10.1. The van der Waals surface area contributed by atoms with Gasteiger partial charge in [0.1, 0.15) is 12.4 Å². The highest BCUT2D eigenvalue weighted by atomic mass is 16.5. The minimum Gasteiger partial charge on any atom is -0.505 e. The van der Waals surface area contributed by atoms with Crippen molar-refractivity contribution in [1.82, 2.24) is 4.90 Å². The maximum atomic E-state index is 13.3. The number of ether oxygens (including phenoxy) is 2.